The topological polar surface area (TPSA) is 52.6 Å². The number of nitrogens with one attached hydrogen (secondary N) is 2. The predicted octanol–water partition coefficient (Wildman–Crippen LogP) is 2.34. The molecule has 0 saturated carbocycles. The van der Waals surface area contributed by atoms with Gasteiger partial charge in [-0.25, -0.2) is 0 Å². The zero-order valence-electron chi connectivity index (χ0n) is 14.5. The van der Waals surface area contributed by atoms with Gasteiger partial charge in [0, 0.05) is 39.4 Å². The van der Waals surface area contributed by atoms with E-state index in [4.69, 9.17) is 0 Å². The van der Waals surface area contributed by atoms with Crippen LogP contribution in [0.1, 0.15) is 26.0 Å². The minimum atomic E-state index is 0. The lowest BCUT2D eigenvalue weighted by atomic mass is 9.92. The number of rotatable bonds is 5. The van der Waals surface area contributed by atoms with Gasteiger partial charge < -0.3 is 15.5 Å². The van der Waals surface area contributed by atoms with Gasteiger partial charge in [0.05, 0.1) is 12.2 Å². The van der Waals surface area contributed by atoms with Crippen LogP contribution in [0.3, 0.4) is 0 Å². The van der Waals surface area contributed by atoms with Crippen molar-refractivity contribution in [2.75, 3.05) is 33.2 Å². The van der Waals surface area contributed by atoms with E-state index < -0.39 is 0 Å². The van der Waals surface area contributed by atoms with Crippen molar-refractivity contribution in [3.63, 3.8) is 0 Å². The zero-order valence-corrected chi connectivity index (χ0v) is 16.8. The largest absolute Gasteiger partial charge is 0.355 e. The molecule has 1 aromatic heterocycles. The summed E-state index contributed by atoms with van der Waals surface area (Å²) >= 11 is 0. The molecular weight excluding hydrogens is 401 g/mol. The quantitative estimate of drug-likeness (QED) is 0.427. The summed E-state index contributed by atoms with van der Waals surface area (Å²) < 4.78 is 0. The number of piperidine rings is 1. The number of aliphatic imine (C=N–C) groups is 1. The maximum absolute atomic E-state index is 4.30. The number of nitrogens with zero attached hydrogens (tertiary/aromatic N) is 3. The summed E-state index contributed by atoms with van der Waals surface area (Å²) in [5.41, 5.74) is 1.02. The summed E-state index contributed by atoms with van der Waals surface area (Å²) in [6.07, 6.45) is 3.17. The second-order valence-electron chi connectivity index (χ2n) is 6.38. The standard InChI is InChI=1S/C17H29N5.HI/c1-14-10-15(2)13-22(12-14)9-8-20-17(18-3)21-11-16-6-4-5-7-19-16;/h4-7,14-15H,8-13H2,1-3H3,(H2,18,20,21);1H. The van der Waals surface area contributed by atoms with Crippen LogP contribution in [0.5, 0.6) is 0 Å². The lowest BCUT2D eigenvalue weighted by molar-refractivity contribution is 0.143. The first-order chi connectivity index (χ1) is 10.7. The molecule has 0 spiro atoms. The van der Waals surface area contributed by atoms with Crippen LogP contribution in [0, 0.1) is 11.8 Å². The van der Waals surface area contributed by atoms with E-state index in [0.29, 0.717) is 6.54 Å². The van der Waals surface area contributed by atoms with Gasteiger partial charge in [-0.05, 0) is 30.4 Å². The van der Waals surface area contributed by atoms with Crippen LogP contribution in [0.4, 0.5) is 0 Å². The third kappa shape index (κ3) is 7.48. The summed E-state index contributed by atoms with van der Waals surface area (Å²) in [6, 6.07) is 5.94. The van der Waals surface area contributed by atoms with E-state index in [9.17, 15) is 0 Å². The summed E-state index contributed by atoms with van der Waals surface area (Å²) in [5, 5.41) is 6.68. The van der Waals surface area contributed by atoms with Crippen molar-refractivity contribution in [1.82, 2.24) is 20.5 Å². The Labute approximate surface area is 157 Å². The second kappa shape index (κ2) is 10.8. The third-order valence-corrected chi connectivity index (χ3v) is 4.05. The minimum absolute atomic E-state index is 0. The van der Waals surface area contributed by atoms with Crippen molar-refractivity contribution in [2.24, 2.45) is 16.8 Å². The molecule has 5 nitrogen and oxygen atoms in total. The minimum Gasteiger partial charge on any atom is -0.355 e. The van der Waals surface area contributed by atoms with Crippen molar-refractivity contribution in [1.29, 1.82) is 0 Å². The predicted molar refractivity (Wildman–Crippen MR) is 107 cm³/mol. The smallest absolute Gasteiger partial charge is 0.191 e. The summed E-state index contributed by atoms with van der Waals surface area (Å²) in [5.74, 6) is 2.46. The number of likely N-dealkylation sites (tertiary alicyclic amines) is 1. The number of halogens is 1. The average Bonchev–Trinajstić information content (AvgIpc) is 2.50. The van der Waals surface area contributed by atoms with Gasteiger partial charge in [0.15, 0.2) is 5.96 Å². The highest BCUT2D eigenvalue weighted by Gasteiger charge is 2.21. The van der Waals surface area contributed by atoms with Crippen LogP contribution < -0.4 is 10.6 Å². The first-order valence-electron chi connectivity index (χ1n) is 8.24. The first kappa shape index (κ1) is 20.2. The van der Waals surface area contributed by atoms with E-state index in [-0.39, 0.29) is 24.0 Å². The van der Waals surface area contributed by atoms with E-state index in [0.717, 1.165) is 36.6 Å². The van der Waals surface area contributed by atoms with Gasteiger partial charge in [-0.2, -0.15) is 0 Å². The van der Waals surface area contributed by atoms with Crippen LogP contribution in [-0.4, -0.2) is 49.1 Å². The molecule has 6 heteroatoms. The Morgan fingerprint density at radius 3 is 2.61 bits per heavy atom. The van der Waals surface area contributed by atoms with Gasteiger partial charge in [0.1, 0.15) is 0 Å². The summed E-state index contributed by atoms with van der Waals surface area (Å²) in [7, 11) is 1.80. The second-order valence-corrected chi connectivity index (χ2v) is 6.38. The highest BCUT2D eigenvalue weighted by atomic mass is 127. The molecule has 0 aromatic carbocycles. The molecule has 1 fully saturated rings. The van der Waals surface area contributed by atoms with Crippen LogP contribution in [0.15, 0.2) is 29.4 Å². The van der Waals surface area contributed by atoms with Crippen molar-refractivity contribution in [3.8, 4) is 0 Å². The van der Waals surface area contributed by atoms with Gasteiger partial charge >= 0.3 is 0 Å². The lowest BCUT2D eigenvalue weighted by Gasteiger charge is -2.35. The third-order valence-electron chi connectivity index (χ3n) is 4.05. The zero-order chi connectivity index (χ0) is 15.8. The van der Waals surface area contributed by atoms with Crippen LogP contribution in [0.25, 0.3) is 0 Å². The first-order valence-corrected chi connectivity index (χ1v) is 8.24. The SMILES string of the molecule is CN=C(NCCN1CC(C)CC(C)C1)NCc1ccccn1.I. The molecule has 1 aliphatic rings. The van der Waals surface area contributed by atoms with E-state index >= 15 is 0 Å². The molecule has 0 aliphatic carbocycles. The molecule has 2 atom stereocenters. The van der Waals surface area contributed by atoms with Gasteiger partial charge in [-0.3, -0.25) is 9.98 Å². The molecule has 130 valence electrons. The van der Waals surface area contributed by atoms with Crippen LogP contribution in [0.2, 0.25) is 0 Å². The molecule has 0 bridgehead atoms. The average molecular weight is 431 g/mol. The number of guanidine groups is 1. The van der Waals surface area contributed by atoms with Crippen molar-refractivity contribution < 1.29 is 0 Å². The summed E-state index contributed by atoms with van der Waals surface area (Å²) in [4.78, 5) is 11.1. The Kier molecular flexibility index (Phi) is 9.47. The number of hydrogen-bond donors (Lipinski definition) is 2. The molecule has 23 heavy (non-hydrogen) atoms. The van der Waals surface area contributed by atoms with Gasteiger partial charge in [-0.15, -0.1) is 24.0 Å². The van der Waals surface area contributed by atoms with Gasteiger partial charge in [0.2, 0.25) is 0 Å². The Hall–Kier alpha value is -0.890. The van der Waals surface area contributed by atoms with Crippen LogP contribution >= 0.6 is 24.0 Å². The van der Waals surface area contributed by atoms with E-state index in [1.807, 2.05) is 24.4 Å². The molecule has 2 unspecified atom stereocenters. The Morgan fingerprint density at radius 1 is 1.26 bits per heavy atom. The fourth-order valence-corrected chi connectivity index (χ4v) is 3.20. The molecule has 2 N–H and O–H groups in total. The normalized spacial score (nSPS) is 22.3. The fourth-order valence-electron chi connectivity index (χ4n) is 3.20. The number of pyridine rings is 1. The number of aromatic nitrogens is 1. The van der Waals surface area contributed by atoms with Crippen molar-refractivity contribution in [3.05, 3.63) is 30.1 Å². The Morgan fingerprint density at radius 2 is 2.00 bits per heavy atom. The van der Waals surface area contributed by atoms with Crippen LogP contribution in [-0.2, 0) is 6.54 Å². The highest BCUT2D eigenvalue weighted by molar-refractivity contribution is 14.0. The maximum Gasteiger partial charge on any atom is 0.191 e. The van der Waals surface area contributed by atoms with Gasteiger partial charge in [0.25, 0.3) is 0 Å². The van der Waals surface area contributed by atoms with E-state index in [2.05, 4.69) is 39.4 Å². The Balaban J connectivity index is 0.00000264. The molecular formula is C17H30IN5. The molecule has 1 aromatic rings. The number of hydrogen-bond acceptors (Lipinski definition) is 3. The fraction of sp³-hybridized carbons (Fsp3) is 0.647. The molecule has 0 radical (unpaired) electrons. The molecule has 0 amide bonds. The van der Waals surface area contributed by atoms with Gasteiger partial charge in [-0.1, -0.05) is 19.9 Å². The lowest BCUT2D eigenvalue weighted by Crippen LogP contribution is -2.45. The van der Waals surface area contributed by atoms with E-state index in [1.165, 1.54) is 19.5 Å². The van der Waals surface area contributed by atoms with Crippen molar-refractivity contribution in [2.45, 2.75) is 26.8 Å². The molecule has 1 saturated heterocycles. The Bertz CT molecular complexity index is 455. The monoisotopic (exact) mass is 431 g/mol. The summed E-state index contributed by atoms with van der Waals surface area (Å²) in [6.45, 7) is 9.81. The maximum atomic E-state index is 4.30. The van der Waals surface area contributed by atoms with E-state index in [1.54, 1.807) is 7.05 Å². The molecule has 1 aliphatic heterocycles. The molecule has 2 rings (SSSR count). The van der Waals surface area contributed by atoms with Crippen molar-refractivity contribution >= 4 is 29.9 Å². The molecule has 2 heterocycles. The highest BCUT2D eigenvalue weighted by Crippen LogP contribution is 2.20.